The van der Waals surface area contributed by atoms with Gasteiger partial charge in [0.1, 0.15) is 0 Å². The van der Waals surface area contributed by atoms with E-state index in [-0.39, 0.29) is 11.8 Å². The lowest BCUT2D eigenvalue weighted by molar-refractivity contribution is -0.159. The van der Waals surface area contributed by atoms with Crippen LogP contribution < -0.4 is 0 Å². The van der Waals surface area contributed by atoms with Crippen LogP contribution in [0.4, 0.5) is 0 Å². The summed E-state index contributed by atoms with van der Waals surface area (Å²) in [7, 11) is 1.93. The molecule has 1 amide bonds. The van der Waals surface area contributed by atoms with E-state index in [2.05, 4.69) is 59.5 Å². The molecule has 0 bridgehead atoms. The first-order valence-electron chi connectivity index (χ1n) is 11.3. The van der Waals surface area contributed by atoms with Crippen LogP contribution in [0, 0.1) is 5.92 Å². The molecule has 1 aliphatic rings. The molecule has 1 heterocycles. The molecule has 1 fully saturated rings. The van der Waals surface area contributed by atoms with Gasteiger partial charge in [0.25, 0.3) is 0 Å². The first-order valence-corrected chi connectivity index (χ1v) is 11.3. The SMILES string of the molecule is CN(Cc1ccccc1)C(=O)C1CCN(Cc2cccc3ccccc23)CC1.O=C(O)C(=O)O. The molecule has 0 aromatic heterocycles. The third kappa shape index (κ3) is 6.89. The Kier molecular flexibility index (Phi) is 8.76. The van der Waals surface area contributed by atoms with Crippen LogP contribution in [-0.2, 0) is 27.5 Å². The number of carbonyl (C=O) groups is 3. The predicted molar refractivity (Wildman–Crippen MR) is 130 cm³/mol. The Hall–Kier alpha value is -3.71. The standard InChI is InChI=1S/C25H28N2O.C2H2O4/c1-26(18-20-8-3-2-4-9-20)25(28)22-14-16-27(17-15-22)19-23-12-7-11-21-10-5-6-13-24(21)23;3-1(4)2(5)6/h2-13,22H,14-19H2,1H3;(H,3,4)(H,5,6). The van der Waals surface area contributed by atoms with E-state index in [0.717, 1.165) is 32.5 Å². The second-order valence-corrected chi connectivity index (χ2v) is 8.48. The maximum absolute atomic E-state index is 12.8. The van der Waals surface area contributed by atoms with Gasteiger partial charge in [0.05, 0.1) is 0 Å². The summed E-state index contributed by atoms with van der Waals surface area (Å²) in [4.78, 5) is 35.4. The Morgan fingerprint density at radius 3 is 2.09 bits per heavy atom. The molecule has 0 spiro atoms. The second kappa shape index (κ2) is 12.0. The summed E-state index contributed by atoms with van der Waals surface area (Å²) < 4.78 is 0. The molecule has 0 radical (unpaired) electrons. The third-order valence-corrected chi connectivity index (χ3v) is 6.03. The number of carboxylic acids is 2. The number of piperidine rings is 1. The first kappa shape index (κ1) is 24.9. The summed E-state index contributed by atoms with van der Waals surface area (Å²) in [6, 6.07) is 25.4. The van der Waals surface area contributed by atoms with Crippen LogP contribution in [0.5, 0.6) is 0 Å². The van der Waals surface area contributed by atoms with Crippen molar-refractivity contribution in [3.63, 3.8) is 0 Å². The van der Waals surface area contributed by atoms with E-state index in [0.29, 0.717) is 6.54 Å². The Bertz CT molecular complexity index is 1110. The molecule has 3 aromatic carbocycles. The van der Waals surface area contributed by atoms with Gasteiger partial charge in [-0.3, -0.25) is 9.69 Å². The molecule has 7 heteroatoms. The van der Waals surface area contributed by atoms with E-state index in [9.17, 15) is 4.79 Å². The van der Waals surface area contributed by atoms with Crippen LogP contribution in [0.15, 0.2) is 72.8 Å². The number of likely N-dealkylation sites (tertiary alicyclic amines) is 1. The largest absolute Gasteiger partial charge is 0.473 e. The van der Waals surface area contributed by atoms with Gasteiger partial charge in [0.2, 0.25) is 5.91 Å². The summed E-state index contributed by atoms with van der Waals surface area (Å²) in [6.07, 6.45) is 1.89. The highest BCUT2D eigenvalue weighted by atomic mass is 16.4. The summed E-state index contributed by atoms with van der Waals surface area (Å²) in [5.41, 5.74) is 2.57. The Morgan fingerprint density at radius 2 is 1.44 bits per heavy atom. The summed E-state index contributed by atoms with van der Waals surface area (Å²) in [5, 5.41) is 17.4. The summed E-state index contributed by atoms with van der Waals surface area (Å²) >= 11 is 0. The highest BCUT2D eigenvalue weighted by Gasteiger charge is 2.27. The van der Waals surface area contributed by atoms with Gasteiger partial charge in [-0.2, -0.15) is 0 Å². The molecular formula is C27H30N2O5. The lowest BCUT2D eigenvalue weighted by atomic mass is 9.94. The van der Waals surface area contributed by atoms with Crippen molar-refractivity contribution in [2.45, 2.75) is 25.9 Å². The quantitative estimate of drug-likeness (QED) is 0.559. The molecule has 7 nitrogen and oxygen atoms in total. The minimum atomic E-state index is -1.82. The monoisotopic (exact) mass is 462 g/mol. The number of hydrogen-bond donors (Lipinski definition) is 2. The minimum Gasteiger partial charge on any atom is -0.473 e. The average Bonchev–Trinajstić information content (AvgIpc) is 2.85. The smallest absolute Gasteiger partial charge is 0.414 e. The number of fused-ring (bicyclic) bond motifs is 1. The number of carbonyl (C=O) groups excluding carboxylic acids is 1. The second-order valence-electron chi connectivity index (χ2n) is 8.48. The Balaban J connectivity index is 0.000000481. The average molecular weight is 463 g/mol. The Labute approximate surface area is 199 Å². The molecule has 4 rings (SSSR count). The summed E-state index contributed by atoms with van der Waals surface area (Å²) in [5.74, 6) is -3.21. The predicted octanol–water partition coefficient (Wildman–Crippen LogP) is 3.87. The van der Waals surface area contributed by atoms with Gasteiger partial charge in [-0.05, 0) is 47.8 Å². The zero-order chi connectivity index (χ0) is 24.5. The van der Waals surface area contributed by atoms with Crippen molar-refractivity contribution in [2.24, 2.45) is 5.92 Å². The van der Waals surface area contributed by atoms with Gasteiger partial charge in [-0.15, -0.1) is 0 Å². The molecule has 178 valence electrons. The van der Waals surface area contributed by atoms with E-state index in [4.69, 9.17) is 19.8 Å². The van der Waals surface area contributed by atoms with Crippen molar-refractivity contribution in [2.75, 3.05) is 20.1 Å². The maximum Gasteiger partial charge on any atom is 0.414 e. The maximum atomic E-state index is 12.8. The van der Waals surface area contributed by atoms with E-state index < -0.39 is 11.9 Å². The number of carboxylic acid groups (broad SMARTS) is 2. The van der Waals surface area contributed by atoms with Crippen LogP contribution in [0.1, 0.15) is 24.0 Å². The van der Waals surface area contributed by atoms with Gasteiger partial charge in [-0.25, -0.2) is 9.59 Å². The van der Waals surface area contributed by atoms with Crippen LogP contribution in [-0.4, -0.2) is 58.0 Å². The molecule has 0 atom stereocenters. The lowest BCUT2D eigenvalue weighted by Gasteiger charge is -2.33. The van der Waals surface area contributed by atoms with Gasteiger partial charge in [0.15, 0.2) is 0 Å². The number of rotatable bonds is 5. The summed E-state index contributed by atoms with van der Waals surface area (Å²) in [6.45, 7) is 3.62. The lowest BCUT2D eigenvalue weighted by Crippen LogP contribution is -2.40. The molecule has 1 aliphatic heterocycles. The van der Waals surface area contributed by atoms with Crippen molar-refractivity contribution in [1.29, 1.82) is 0 Å². The van der Waals surface area contributed by atoms with Gasteiger partial charge in [0, 0.05) is 26.1 Å². The van der Waals surface area contributed by atoms with Gasteiger partial charge < -0.3 is 15.1 Å². The van der Waals surface area contributed by atoms with E-state index in [1.165, 1.54) is 21.9 Å². The zero-order valence-corrected chi connectivity index (χ0v) is 19.3. The number of hydrogen-bond acceptors (Lipinski definition) is 4. The topological polar surface area (TPSA) is 98.2 Å². The van der Waals surface area contributed by atoms with Gasteiger partial charge in [-0.1, -0.05) is 72.8 Å². The van der Waals surface area contributed by atoms with E-state index in [1.54, 1.807) is 0 Å². The normalized spacial score (nSPS) is 14.1. The van der Waals surface area contributed by atoms with Crippen molar-refractivity contribution in [3.8, 4) is 0 Å². The van der Waals surface area contributed by atoms with E-state index in [1.807, 2.05) is 30.1 Å². The molecule has 0 unspecified atom stereocenters. The van der Waals surface area contributed by atoms with Crippen molar-refractivity contribution < 1.29 is 24.6 Å². The highest BCUT2D eigenvalue weighted by Crippen LogP contribution is 2.24. The zero-order valence-electron chi connectivity index (χ0n) is 19.3. The van der Waals surface area contributed by atoms with Crippen LogP contribution >= 0.6 is 0 Å². The molecule has 3 aromatic rings. The molecule has 0 aliphatic carbocycles. The molecule has 0 saturated carbocycles. The van der Waals surface area contributed by atoms with E-state index >= 15 is 0 Å². The number of benzene rings is 3. The molecule has 1 saturated heterocycles. The van der Waals surface area contributed by atoms with Crippen LogP contribution in [0.25, 0.3) is 10.8 Å². The van der Waals surface area contributed by atoms with Crippen LogP contribution in [0.2, 0.25) is 0 Å². The third-order valence-electron chi connectivity index (χ3n) is 6.03. The van der Waals surface area contributed by atoms with Gasteiger partial charge >= 0.3 is 11.9 Å². The number of aliphatic carboxylic acids is 2. The van der Waals surface area contributed by atoms with Crippen LogP contribution in [0.3, 0.4) is 0 Å². The fourth-order valence-electron chi connectivity index (χ4n) is 4.26. The number of nitrogens with zero attached hydrogens (tertiary/aromatic N) is 2. The molecule has 2 N–H and O–H groups in total. The molecule has 34 heavy (non-hydrogen) atoms. The first-order chi connectivity index (χ1) is 16.3. The van der Waals surface area contributed by atoms with Crippen molar-refractivity contribution in [1.82, 2.24) is 9.80 Å². The Morgan fingerprint density at radius 1 is 0.853 bits per heavy atom. The highest BCUT2D eigenvalue weighted by molar-refractivity contribution is 6.27. The minimum absolute atomic E-state index is 0.150. The fourth-order valence-corrected chi connectivity index (χ4v) is 4.26. The number of amides is 1. The van der Waals surface area contributed by atoms with Crippen molar-refractivity contribution in [3.05, 3.63) is 83.9 Å². The molecular weight excluding hydrogens is 432 g/mol. The fraction of sp³-hybridized carbons (Fsp3) is 0.296. The van der Waals surface area contributed by atoms with Crippen molar-refractivity contribution >= 4 is 28.6 Å².